The van der Waals surface area contributed by atoms with E-state index >= 15 is 0 Å². The van der Waals surface area contributed by atoms with Gasteiger partial charge in [0.15, 0.2) is 18.2 Å². The molecule has 26 heavy (non-hydrogen) atoms. The number of rotatable bonds is 6. The van der Waals surface area contributed by atoms with Crippen molar-refractivity contribution in [3.05, 3.63) is 65.5 Å². The summed E-state index contributed by atoms with van der Waals surface area (Å²) in [7, 11) is 0. The minimum atomic E-state index is -0.454. The number of ether oxygens (including phenoxy) is 1. The molecule has 5 heteroatoms. The quantitative estimate of drug-likeness (QED) is 0.864. The van der Waals surface area contributed by atoms with Crippen LogP contribution in [0.4, 0.5) is 4.39 Å². The molecule has 3 rings (SSSR count). The van der Waals surface area contributed by atoms with E-state index in [1.54, 1.807) is 12.1 Å². The number of carbonyl (C=O) groups is 1. The van der Waals surface area contributed by atoms with Crippen molar-refractivity contribution in [3.8, 4) is 5.75 Å². The van der Waals surface area contributed by atoms with Crippen molar-refractivity contribution in [2.24, 2.45) is 0 Å². The first-order chi connectivity index (χ1) is 12.6. The number of nitrogens with one attached hydrogen (secondary N) is 1. The highest BCUT2D eigenvalue weighted by Crippen LogP contribution is 2.16. The highest BCUT2D eigenvalue weighted by molar-refractivity contribution is 5.77. The molecule has 0 bridgehead atoms. The third-order valence-corrected chi connectivity index (χ3v) is 4.64. The van der Waals surface area contributed by atoms with E-state index in [9.17, 15) is 9.18 Å². The monoisotopic (exact) mass is 356 g/mol. The van der Waals surface area contributed by atoms with Crippen LogP contribution >= 0.6 is 0 Å². The zero-order valence-electron chi connectivity index (χ0n) is 15.1. The zero-order chi connectivity index (χ0) is 18.4. The Labute approximate surface area is 154 Å². The van der Waals surface area contributed by atoms with E-state index < -0.39 is 5.82 Å². The summed E-state index contributed by atoms with van der Waals surface area (Å²) in [4.78, 5) is 14.4. The molecule has 1 saturated heterocycles. The van der Waals surface area contributed by atoms with Crippen LogP contribution in [0.2, 0.25) is 0 Å². The Balaban J connectivity index is 1.39. The summed E-state index contributed by atoms with van der Waals surface area (Å²) >= 11 is 0. The van der Waals surface area contributed by atoms with E-state index in [-0.39, 0.29) is 24.3 Å². The maximum Gasteiger partial charge on any atom is 0.258 e. The topological polar surface area (TPSA) is 41.6 Å². The van der Waals surface area contributed by atoms with Gasteiger partial charge in [-0.15, -0.1) is 0 Å². The van der Waals surface area contributed by atoms with Crippen LogP contribution in [0.1, 0.15) is 24.0 Å². The molecule has 1 fully saturated rings. The average Bonchev–Trinajstić information content (AvgIpc) is 2.63. The molecular weight excluding hydrogens is 331 g/mol. The van der Waals surface area contributed by atoms with E-state index in [2.05, 4.69) is 41.4 Å². The normalized spacial score (nSPS) is 15.6. The van der Waals surface area contributed by atoms with Gasteiger partial charge in [0.25, 0.3) is 5.91 Å². The molecule has 2 aromatic carbocycles. The fraction of sp³-hybridized carbons (Fsp3) is 0.381. The Kier molecular flexibility index (Phi) is 6.23. The number of benzene rings is 2. The van der Waals surface area contributed by atoms with Crippen LogP contribution in [0.15, 0.2) is 48.5 Å². The standard InChI is InChI=1S/C21H25FN2O2/c1-16-5-4-6-17(13-16)14-24-11-9-18(10-12-24)23-21(25)15-26-20-8-3-2-7-19(20)22/h2-8,13,18H,9-12,14-15H2,1H3,(H,23,25). The summed E-state index contributed by atoms with van der Waals surface area (Å²) in [5, 5.41) is 2.99. The van der Waals surface area contributed by atoms with Gasteiger partial charge in [0.2, 0.25) is 0 Å². The number of hydrogen-bond acceptors (Lipinski definition) is 3. The van der Waals surface area contributed by atoms with Gasteiger partial charge >= 0.3 is 0 Å². The van der Waals surface area contributed by atoms with E-state index in [4.69, 9.17) is 4.74 Å². The van der Waals surface area contributed by atoms with Gasteiger partial charge < -0.3 is 10.1 Å². The largest absolute Gasteiger partial charge is 0.481 e. The number of amides is 1. The van der Waals surface area contributed by atoms with Gasteiger partial charge in [-0.25, -0.2) is 4.39 Å². The first-order valence-corrected chi connectivity index (χ1v) is 9.05. The molecule has 1 aliphatic heterocycles. The Hall–Kier alpha value is -2.40. The Morgan fingerprint density at radius 3 is 2.69 bits per heavy atom. The molecule has 0 unspecified atom stereocenters. The first-order valence-electron chi connectivity index (χ1n) is 9.05. The second-order valence-electron chi connectivity index (χ2n) is 6.83. The lowest BCUT2D eigenvalue weighted by Gasteiger charge is -2.32. The SMILES string of the molecule is Cc1cccc(CN2CCC(NC(=O)COc3ccccc3F)CC2)c1. The molecule has 0 radical (unpaired) electrons. The van der Waals surface area contributed by atoms with Gasteiger partial charge in [-0.1, -0.05) is 42.0 Å². The van der Waals surface area contributed by atoms with Crippen LogP contribution in [-0.4, -0.2) is 36.5 Å². The first kappa shape index (κ1) is 18.4. The lowest BCUT2D eigenvalue weighted by Crippen LogP contribution is -2.45. The summed E-state index contributed by atoms with van der Waals surface area (Å²) in [5.74, 6) is -0.550. The molecule has 2 aromatic rings. The average molecular weight is 356 g/mol. The lowest BCUT2D eigenvalue weighted by atomic mass is 10.0. The van der Waals surface area contributed by atoms with Gasteiger partial charge in [0.05, 0.1) is 0 Å². The summed E-state index contributed by atoms with van der Waals surface area (Å²) < 4.78 is 18.7. The van der Waals surface area contributed by atoms with Crippen LogP contribution in [-0.2, 0) is 11.3 Å². The smallest absolute Gasteiger partial charge is 0.258 e. The van der Waals surface area contributed by atoms with Crippen LogP contribution in [0, 0.1) is 12.7 Å². The highest BCUT2D eigenvalue weighted by Gasteiger charge is 2.21. The van der Waals surface area contributed by atoms with Crippen LogP contribution in [0.3, 0.4) is 0 Å². The third-order valence-electron chi connectivity index (χ3n) is 4.64. The van der Waals surface area contributed by atoms with E-state index in [1.165, 1.54) is 23.3 Å². The summed E-state index contributed by atoms with van der Waals surface area (Å²) in [5.41, 5.74) is 2.60. The predicted octanol–water partition coefficient (Wildman–Crippen LogP) is 3.29. The van der Waals surface area contributed by atoms with Crippen molar-refractivity contribution in [1.29, 1.82) is 0 Å². The fourth-order valence-electron chi connectivity index (χ4n) is 3.28. The number of aryl methyl sites for hydroxylation is 1. The van der Waals surface area contributed by atoms with Crippen molar-refractivity contribution in [1.82, 2.24) is 10.2 Å². The molecule has 1 aliphatic rings. The molecule has 0 aromatic heterocycles. The molecule has 1 heterocycles. The van der Waals surface area contributed by atoms with E-state index in [0.29, 0.717) is 0 Å². The second kappa shape index (κ2) is 8.81. The zero-order valence-corrected chi connectivity index (χ0v) is 15.1. The Morgan fingerprint density at radius 1 is 1.19 bits per heavy atom. The molecule has 0 spiro atoms. The fourth-order valence-corrected chi connectivity index (χ4v) is 3.28. The Bertz CT molecular complexity index is 742. The number of piperidine rings is 1. The third kappa shape index (κ3) is 5.30. The summed E-state index contributed by atoms with van der Waals surface area (Å²) in [6.07, 6.45) is 1.83. The summed E-state index contributed by atoms with van der Waals surface area (Å²) in [6, 6.07) is 14.8. The molecule has 4 nitrogen and oxygen atoms in total. The van der Waals surface area contributed by atoms with E-state index in [1.807, 2.05) is 0 Å². The molecule has 0 atom stereocenters. The minimum absolute atomic E-state index is 0.107. The molecule has 138 valence electrons. The molecule has 0 aliphatic carbocycles. The molecule has 0 saturated carbocycles. The minimum Gasteiger partial charge on any atom is -0.481 e. The van der Waals surface area contributed by atoms with Crippen LogP contribution in [0.5, 0.6) is 5.75 Å². The molecular formula is C21H25FN2O2. The van der Waals surface area contributed by atoms with Gasteiger partial charge in [-0.2, -0.15) is 0 Å². The maximum absolute atomic E-state index is 13.5. The van der Waals surface area contributed by atoms with Crippen molar-refractivity contribution in [2.45, 2.75) is 32.4 Å². The number of nitrogens with zero attached hydrogens (tertiary/aromatic N) is 1. The van der Waals surface area contributed by atoms with Crippen LogP contribution < -0.4 is 10.1 Å². The van der Waals surface area contributed by atoms with Gasteiger partial charge in [-0.05, 0) is 37.5 Å². The van der Waals surface area contributed by atoms with Crippen molar-refractivity contribution >= 4 is 5.91 Å². The molecule has 1 N–H and O–H groups in total. The number of para-hydroxylation sites is 1. The summed E-state index contributed by atoms with van der Waals surface area (Å²) in [6.45, 7) is 4.79. The predicted molar refractivity (Wildman–Crippen MR) is 99.5 cm³/mol. The van der Waals surface area contributed by atoms with Gasteiger partial charge in [-0.3, -0.25) is 9.69 Å². The number of halogens is 1. The Morgan fingerprint density at radius 2 is 1.96 bits per heavy atom. The second-order valence-corrected chi connectivity index (χ2v) is 6.83. The van der Waals surface area contributed by atoms with Crippen LogP contribution in [0.25, 0.3) is 0 Å². The van der Waals surface area contributed by atoms with Gasteiger partial charge in [0.1, 0.15) is 0 Å². The lowest BCUT2D eigenvalue weighted by molar-refractivity contribution is -0.124. The van der Waals surface area contributed by atoms with Crippen molar-refractivity contribution in [2.75, 3.05) is 19.7 Å². The maximum atomic E-state index is 13.5. The van der Waals surface area contributed by atoms with E-state index in [0.717, 1.165) is 32.5 Å². The molecule has 1 amide bonds. The number of carbonyl (C=O) groups excluding carboxylic acids is 1. The number of hydrogen-bond donors (Lipinski definition) is 1. The van der Waals surface area contributed by atoms with Crippen molar-refractivity contribution in [3.63, 3.8) is 0 Å². The van der Waals surface area contributed by atoms with Gasteiger partial charge in [0, 0.05) is 25.7 Å². The van der Waals surface area contributed by atoms with Crippen molar-refractivity contribution < 1.29 is 13.9 Å². The highest BCUT2D eigenvalue weighted by atomic mass is 19.1. The number of likely N-dealkylation sites (tertiary alicyclic amines) is 1.